The lowest BCUT2D eigenvalue weighted by molar-refractivity contribution is 0.0157. The Kier molecular flexibility index (Phi) is 22.9. The third-order valence-electron chi connectivity index (χ3n) is 4.35. The summed E-state index contributed by atoms with van der Waals surface area (Å²) >= 11 is 0. The van der Waals surface area contributed by atoms with Gasteiger partial charge in [-0.2, -0.15) is 0 Å². The van der Waals surface area contributed by atoms with Crippen LogP contribution in [0.2, 0.25) is 0 Å². The van der Waals surface area contributed by atoms with Crippen molar-refractivity contribution in [1.82, 2.24) is 31.9 Å². The highest BCUT2D eigenvalue weighted by molar-refractivity contribution is 4.56. The molecule has 6 N–H and O–H groups in total. The Morgan fingerprint density at radius 1 is 0.233 bits per heavy atom. The summed E-state index contributed by atoms with van der Waals surface area (Å²) in [6.45, 7) is 17.5. The molecule has 0 atom stereocenters. The van der Waals surface area contributed by atoms with Gasteiger partial charge in [0.1, 0.15) is 0 Å². The minimum absolute atomic E-state index is 0.642. The highest BCUT2D eigenvalue weighted by Gasteiger charge is 1.95. The maximum Gasteiger partial charge on any atom is 0.0701 e. The molecule has 10 heteroatoms. The van der Waals surface area contributed by atoms with Gasteiger partial charge in [0.15, 0.2) is 0 Å². The van der Waals surface area contributed by atoms with Crippen LogP contribution in [0.4, 0.5) is 0 Å². The van der Waals surface area contributed by atoms with E-state index in [2.05, 4.69) is 31.9 Å². The molecule has 2 rings (SSSR count). The van der Waals surface area contributed by atoms with Gasteiger partial charge < -0.3 is 50.8 Å². The molecule has 0 amide bonds. The van der Waals surface area contributed by atoms with Crippen molar-refractivity contribution < 1.29 is 18.9 Å². The van der Waals surface area contributed by atoms with Crippen LogP contribution < -0.4 is 31.9 Å². The summed E-state index contributed by atoms with van der Waals surface area (Å²) in [4.78, 5) is 0. The third-order valence-corrected chi connectivity index (χ3v) is 4.35. The van der Waals surface area contributed by atoms with Crippen LogP contribution in [0.1, 0.15) is 0 Å². The molecule has 0 spiro atoms. The number of hydrogen-bond acceptors (Lipinski definition) is 10. The van der Waals surface area contributed by atoms with Crippen LogP contribution in [0.3, 0.4) is 0 Å². The normalized spacial score (nSPS) is 24.0. The van der Waals surface area contributed by atoms with E-state index in [1.165, 1.54) is 0 Å². The summed E-state index contributed by atoms with van der Waals surface area (Å²) in [5.74, 6) is 0. The van der Waals surface area contributed by atoms with Crippen molar-refractivity contribution in [2.45, 2.75) is 0 Å². The van der Waals surface area contributed by atoms with E-state index in [0.717, 1.165) is 105 Å². The molecule has 0 aromatic rings. The number of ether oxygens (including phenoxy) is 4. The zero-order valence-electron chi connectivity index (χ0n) is 18.8. The zero-order valence-corrected chi connectivity index (χ0v) is 18.8. The molecule has 2 aliphatic heterocycles. The van der Waals surface area contributed by atoms with Gasteiger partial charge >= 0.3 is 0 Å². The van der Waals surface area contributed by atoms with Gasteiger partial charge in [0, 0.05) is 78.5 Å². The molecule has 2 fully saturated rings. The van der Waals surface area contributed by atoms with Crippen molar-refractivity contribution in [2.24, 2.45) is 0 Å². The quantitative estimate of drug-likeness (QED) is 0.247. The standard InChI is InChI=1S/C12H27N3O3.C8H19N3O/c1-3-14-5-7-16-9-11-18-12-10-17-8-6-15-4-2-13-1;1-3-10-5-7-12-8-6-11-4-2-9-1/h13-15H,1-12H2;9-11H,1-8H2. The van der Waals surface area contributed by atoms with Gasteiger partial charge in [-0.05, 0) is 0 Å². The van der Waals surface area contributed by atoms with E-state index in [4.69, 9.17) is 18.9 Å². The summed E-state index contributed by atoms with van der Waals surface area (Å²) in [5, 5.41) is 19.9. The molecule has 180 valence electrons. The molecular formula is C20H46N6O4. The van der Waals surface area contributed by atoms with Gasteiger partial charge in [-0.25, -0.2) is 0 Å². The van der Waals surface area contributed by atoms with Gasteiger partial charge in [0.2, 0.25) is 0 Å². The molecule has 2 heterocycles. The van der Waals surface area contributed by atoms with Crippen LogP contribution in [0.5, 0.6) is 0 Å². The van der Waals surface area contributed by atoms with Crippen molar-refractivity contribution in [3.05, 3.63) is 0 Å². The van der Waals surface area contributed by atoms with Crippen molar-refractivity contribution in [3.8, 4) is 0 Å². The highest BCUT2D eigenvalue weighted by atomic mass is 16.5. The molecule has 0 aromatic heterocycles. The lowest BCUT2D eigenvalue weighted by atomic mass is 10.5. The van der Waals surface area contributed by atoms with Crippen molar-refractivity contribution in [2.75, 3.05) is 131 Å². The van der Waals surface area contributed by atoms with Crippen LogP contribution in [0.15, 0.2) is 0 Å². The maximum absolute atomic E-state index is 5.42. The molecule has 0 radical (unpaired) electrons. The lowest BCUT2D eigenvalue weighted by Crippen LogP contribution is -2.36. The summed E-state index contributed by atoms with van der Waals surface area (Å²) in [5.41, 5.74) is 0. The second-order valence-corrected chi connectivity index (χ2v) is 6.95. The van der Waals surface area contributed by atoms with Crippen LogP contribution in [0.25, 0.3) is 0 Å². The minimum atomic E-state index is 0.642. The molecule has 0 bridgehead atoms. The topological polar surface area (TPSA) is 109 Å². The monoisotopic (exact) mass is 434 g/mol. The fourth-order valence-electron chi connectivity index (χ4n) is 2.68. The van der Waals surface area contributed by atoms with Crippen LogP contribution in [0, 0.1) is 0 Å². The molecule has 0 unspecified atom stereocenters. The average molecular weight is 435 g/mol. The summed E-state index contributed by atoms with van der Waals surface area (Å²) < 4.78 is 21.6. The first-order chi connectivity index (χ1) is 15.0. The molecule has 0 saturated carbocycles. The van der Waals surface area contributed by atoms with Crippen molar-refractivity contribution in [3.63, 3.8) is 0 Å². The Labute approximate surface area is 182 Å². The van der Waals surface area contributed by atoms with Gasteiger partial charge in [0.05, 0.1) is 52.9 Å². The van der Waals surface area contributed by atoms with E-state index in [1.54, 1.807) is 0 Å². The molecule has 0 aromatic carbocycles. The number of rotatable bonds is 0. The maximum atomic E-state index is 5.42. The zero-order chi connectivity index (χ0) is 21.2. The fourth-order valence-corrected chi connectivity index (χ4v) is 2.68. The van der Waals surface area contributed by atoms with E-state index in [0.29, 0.717) is 26.4 Å². The fraction of sp³-hybridized carbons (Fsp3) is 1.00. The van der Waals surface area contributed by atoms with Crippen LogP contribution in [-0.2, 0) is 18.9 Å². The Hall–Kier alpha value is -0.400. The third kappa shape index (κ3) is 22.3. The summed E-state index contributed by atoms with van der Waals surface area (Å²) in [6.07, 6.45) is 0. The van der Waals surface area contributed by atoms with Crippen LogP contribution in [-0.4, -0.2) is 131 Å². The lowest BCUT2D eigenvalue weighted by Gasteiger charge is -2.10. The SMILES string of the molecule is C1CNCCOCCNCCN1.C1CNCCOCCOCCOCCNCCN1. The summed E-state index contributed by atoms with van der Waals surface area (Å²) in [7, 11) is 0. The predicted octanol–water partition coefficient (Wildman–Crippen LogP) is -2.40. The molecule has 2 aliphatic rings. The molecule has 2 saturated heterocycles. The predicted molar refractivity (Wildman–Crippen MR) is 120 cm³/mol. The molecule has 30 heavy (non-hydrogen) atoms. The van der Waals surface area contributed by atoms with E-state index in [-0.39, 0.29) is 0 Å². The Morgan fingerprint density at radius 3 is 0.733 bits per heavy atom. The first-order valence-electron chi connectivity index (χ1n) is 11.6. The van der Waals surface area contributed by atoms with E-state index < -0.39 is 0 Å². The minimum Gasteiger partial charge on any atom is -0.379 e. The summed E-state index contributed by atoms with van der Waals surface area (Å²) in [6, 6.07) is 0. The van der Waals surface area contributed by atoms with Gasteiger partial charge in [0.25, 0.3) is 0 Å². The Morgan fingerprint density at radius 2 is 0.433 bits per heavy atom. The second kappa shape index (κ2) is 24.9. The largest absolute Gasteiger partial charge is 0.379 e. The van der Waals surface area contributed by atoms with Gasteiger partial charge in [-0.15, -0.1) is 0 Å². The number of nitrogens with one attached hydrogen (secondary N) is 6. The Balaban J connectivity index is 0.000000325. The van der Waals surface area contributed by atoms with Gasteiger partial charge in [-0.1, -0.05) is 0 Å². The molecular weight excluding hydrogens is 388 g/mol. The van der Waals surface area contributed by atoms with Crippen molar-refractivity contribution in [1.29, 1.82) is 0 Å². The van der Waals surface area contributed by atoms with E-state index >= 15 is 0 Å². The Bertz CT molecular complexity index is 214. The molecule has 0 aliphatic carbocycles. The van der Waals surface area contributed by atoms with E-state index in [1.807, 2.05) is 0 Å². The van der Waals surface area contributed by atoms with Gasteiger partial charge in [-0.3, -0.25) is 0 Å². The first kappa shape index (κ1) is 27.6. The number of hydrogen-bond donors (Lipinski definition) is 6. The van der Waals surface area contributed by atoms with Crippen LogP contribution >= 0.6 is 0 Å². The smallest absolute Gasteiger partial charge is 0.0701 e. The first-order valence-corrected chi connectivity index (χ1v) is 11.6. The molecule has 10 nitrogen and oxygen atoms in total. The second-order valence-electron chi connectivity index (χ2n) is 6.95. The van der Waals surface area contributed by atoms with E-state index in [9.17, 15) is 0 Å². The average Bonchev–Trinajstić information content (AvgIpc) is 2.75. The van der Waals surface area contributed by atoms with Crippen molar-refractivity contribution >= 4 is 0 Å². The highest BCUT2D eigenvalue weighted by Crippen LogP contribution is 1.81.